The van der Waals surface area contributed by atoms with E-state index in [1.807, 2.05) is 24.0 Å². The van der Waals surface area contributed by atoms with E-state index < -0.39 is 0 Å². The summed E-state index contributed by atoms with van der Waals surface area (Å²) in [5, 5.41) is 2.94. The van der Waals surface area contributed by atoms with Gasteiger partial charge in [-0.05, 0) is 23.9 Å². The maximum Gasteiger partial charge on any atom is 0.287 e. The largest absolute Gasteiger partial charge is 0.287 e. The van der Waals surface area contributed by atoms with Crippen LogP contribution in [-0.2, 0) is 0 Å². The van der Waals surface area contributed by atoms with Crippen LogP contribution >= 0.6 is 11.8 Å². The summed E-state index contributed by atoms with van der Waals surface area (Å²) in [4.78, 5) is 4.48. The molecule has 1 aromatic rings. The van der Waals surface area contributed by atoms with E-state index in [4.69, 9.17) is 0 Å². The number of nitrogens with zero attached hydrogens (tertiary/aromatic N) is 1. The third-order valence-corrected chi connectivity index (χ3v) is 3.86. The molecule has 1 saturated heterocycles. The first-order valence-corrected chi connectivity index (χ1v) is 6.34. The number of quaternary nitrogens is 1. The van der Waals surface area contributed by atoms with Crippen molar-refractivity contribution in [2.24, 2.45) is 4.99 Å². The maximum absolute atomic E-state index is 4.48. The Balaban J connectivity index is 1.87. The second kappa shape index (κ2) is 4.05. The molecule has 0 amide bonds. The summed E-state index contributed by atoms with van der Waals surface area (Å²) in [6, 6.07) is 10.4. The van der Waals surface area contributed by atoms with Crippen LogP contribution in [0, 0.1) is 0 Å². The lowest BCUT2D eigenvalue weighted by Gasteiger charge is -2.25. The first kappa shape index (κ1) is 10.1. The number of hydrogen-bond acceptors (Lipinski definition) is 3. The van der Waals surface area contributed by atoms with E-state index in [1.54, 1.807) is 0 Å². The molecule has 82 valence electrons. The van der Waals surface area contributed by atoms with E-state index in [0.29, 0.717) is 5.25 Å². The van der Waals surface area contributed by atoms with Crippen LogP contribution in [0.3, 0.4) is 0 Å². The first-order chi connectivity index (χ1) is 7.84. The number of nitrogens with one attached hydrogen (secondary N) is 2. The average molecular weight is 232 g/mol. The molecule has 0 aliphatic carbocycles. The summed E-state index contributed by atoms with van der Waals surface area (Å²) >= 11 is 1.85. The number of aliphatic imine (C=N–C) groups is 1. The minimum atomic E-state index is 0.603. The van der Waals surface area contributed by atoms with Crippen molar-refractivity contribution in [2.75, 3.05) is 6.54 Å². The molecule has 0 spiro atoms. The zero-order valence-electron chi connectivity index (χ0n) is 9.10. The van der Waals surface area contributed by atoms with Gasteiger partial charge in [-0.25, -0.2) is 0 Å². The molecule has 2 heterocycles. The van der Waals surface area contributed by atoms with E-state index in [0.717, 1.165) is 11.7 Å². The summed E-state index contributed by atoms with van der Waals surface area (Å²) in [6.07, 6.45) is 1.97. The highest BCUT2D eigenvalue weighted by atomic mass is 32.2. The van der Waals surface area contributed by atoms with Gasteiger partial charge < -0.3 is 0 Å². The molecule has 1 aromatic carbocycles. The van der Waals surface area contributed by atoms with Gasteiger partial charge in [0.25, 0.3) is 5.17 Å². The number of hydrogen-bond donors (Lipinski definition) is 2. The number of amidine groups is 1. The molecule has 0 saturated carbocycles. The van der Waals surface area contributed by atoms with Crippen molar-refractivity contribution in [1.82, 2.24) is 5.43 Å². The predicted molar refractivity (Wildman–Crippen MR) is 67.9 cm³/mol. The smallest absolute Gasteiger partial charge is 0.190 e. The second-order valence-electron chi connectivity index (χ2n) is 4.03. The fourth-order valence-electron chi connectivity index (χ4n) is 1.94. The lowest BCUT2D eigenvalue weighted by Crippen LogP contribution is -3.18. The zero-order chi connectivity index (χ0) is 11.0. The third-order valence-electron chi connectivity index (χ3n) is 2.76. The maximum atomic E-state index is 4.48. The van der Waals surface area contributed by atoms with E-state index in [-0.39, 0.29) is 0 Å². The Morgan fingerprint density at radius 1 is 1.38 bits per heavy atom. The molecule has 0 bridgehead atoms. The van der Waals surface area contributed by atoms with Gasteiger partial charge >= 0.3 is 0 Å². The van der Waals surface area contributed by atoms with Crippen LogP contribution in [0.25, 0.3) is 5.70 Å². The van der Waals surface area contributed by atoms with Crippen molar-refractivity contribution < 1.29 is 5.01 Å². The SMILES string of the molecule is CC1CN[NH+]2C(c3ccccc3)=CN=C2S1. The molecular weight excluding hydrogens is 218 g/mol. The van der Waals surface area contributed by atoms with E-state index in [1.165, 1.54) is 16.3 Å². The summed E-state index contributed by atoms with van der Waals surface area (Å²) in [5.74, 6) is 0. The van der Waals surface area contributed by atoms with Crippen LogP contribution in [0.5, 0.6) is 0 Å². The van der Waals surface area contributed by atoms with Crippen LogP contribution in [0.1, 0.15) is 12.5 Å². The number of thioether (sulfide) groups is 1. The highest BCUT2D eigenvalue weighted by Crippen LogP contribution is 2.18. The van der Waals surface area contributed by atoms with Gasteiger partial charge in [0.05, 0.1) is 12.7 Å². The van der Waals surface area contributed by atoms with Crippen molar-refractivity contribution in [1.29, 1.82) is 0 Å². The summed E-state index contributed by atoms with van der Waals surface area (Å²) in [6.45, 7) is 3.24. The Hall–Kier alpha value is -1.10. The normalized spacial score (nSPS) is 28.3. The average Bonchev–Trinajstić information content (AvgIpc) is 2.73. The summed E-state index contributed by atoms with van der Waals surface area (Å²) < 4.78 is 0. The molecule has 2 aliphatic rings. The number of rotatable bonds is 1. The van der Waals surface area contributed by atoms with Gasteiger partial charge in [-0.2, -0.15) is 15.4 Å². The van der Waals surface area contributed by atoms with Crippen LogP contribution in [0.4, 0.5) is 0 Å². The molecular formula is C12H14N3S+. The first-order valence-electron chi connectivity index (χ1n) is 5.46. The summed E-state index contributed by atoms with van der Waals surface area (Å²) in [5.41, 5.74) is 5.93. The van der Waals surface area contributed by atoms with Crippen molar-refractivity contribution in [2.45, 2.75) is 12.2 Å². The molecule has 0 aromatic heterocycles. The quantitative estimate of drug-likeness (QED) is 0.752. The Bertz CT molecular complexity index is 453. The highest BCUT2D eigenvalue weighted by molar-refractivity contribution is 8.14. The topological polar surface area (TPSA) is 28.8 Å². The Morgan fingerprint density at radius 3 is 3.00 bits per heavy atom. The lowest BCUT2D eigenvalue weighted by atomic mass is 10.2. The molecule has 4 heteroatoms. The van der Waals surface area contributed by atoms with Crippen molar-refractivity contribution >= 4 is 22.6 Å². The molecule has 2 N–H and O–H groups in total. The third kappa shape index (κ3) is 1.69. The molecule has 1 fully saturated rings. The monoisotopic (exact) mass is 232 g/mol. The molecule has 3 nitrogen and oxygen atoms in total. The van der Waals surface area contributed by atoms with E-state index >= 15 is 0 Å². The standard InChI is InChI=1S/C12H13N3S/c1-9-7-14-15-11(8-13-12(15)16-9)10-5-3-2-4-6-10/h2-6,8-9,14H,7H2,1H3/p+1. The molecule has 16 heavy (non-hydrogen) atoms. The van der Waals surface area contributed by atoms with Crippen LogP contribution in [0.15, 0.2) is 41.5 Å². The minimum Gasteiger partial charge on any atom is -0.190 e. The molecule has 2 aliphatic heterocycles. The molecule has 2 unspecified atom stereocenters. The van der Waals surface area contributed by atoms with Gasteiger partial charge in [0.15, 0.2) is 5.70 Å². The van der Waals surface area contributed by atoms with Gasteiger partial charge in [0, 0.05) is 10.8 Å². The fourth-order valence-corrected chi connectivity index (χ4v) is 2.90. The van der Waals surface area contributed by atoms with E-state index in [9.17, 15) is 0 Å². The van der Waals surface area contributed by atoms with Gasteiger partial charge in [0.1, 0.15) is 0 Å². The Kier molecular flexibility index (Phi) is 2.55. The lowest BCUT2D eigenvalue weighted by molar-refractivity contribution is -0.773. The minimum absolute atomic E-state index is 0.603. The van der Waals surface area contributed by atoms with E-state index in [2.05, 4.69) is 41.6 Å². The Morgan fingerprint density at radius 2 is 2.19 bits per heavy atom. The number of benzene rings is 1. The van der Waals surface area contributed by atoms with Crippen LogP contribution in [0.2, 0.25) is 0 Å². The van der Waals surface area contributed by atoms with Crippen LogP contribution < -0.4 is 10.4 Å². The molecule has 0 radical (unpaired) electrons. The van der Waals surface area contributed by atoms with Crippen LogP contribution in [-0.4, -0.2) is 17.0 Å². The van der Waals surface area contributed by atoms with Crippen molar-refractivity contribution in [3.63, 3.8) is 0 Å². The zero-order valence-corrected chi connectivity index (χ0v) is 9.92. The van der Waals surface area contributed by atoms with Crippen molar-refractivity contribution in [3.05, 3.63) is 42.1 Å². The predicted octanol–water partition coefficient (Wildman–Crippen LogP) is 0.879. The molecule has 3 rings (SSSR count). The Labute approximate surface area is 99.2 Å². The number of fused-ring (bicyclic) bond motifs is 1. The fraction of sp³-hybridized carbons (Fsp3) is 0.250. The van der Waals surface area contributed by atoms with Crippen molar-refractivity contribution in [3.8, 4) is 0 Å². The van der Waals surface area contributed by atoms with Gasteiger partial charge in [-0.15, -0.1) is 0 Å². The highest BCUT2D eigenvalue weighted by Gasteiger charge is 2.34. The van der Waals surface area contributed by atoms with Gasteiger partial charge in [0.2, 0.25) is 0 Å². The molecule has 2 atom stereocenters. The van der Waals surface area contributed by atoms with Gasteiger partial charge in [-0.3, -0.25) is 0 Å². The van der Waals surface area contributed by atoms with Gasteiger partial charge in [-0.1, -0.05) is 25.1 Å². The summed E-state index contributed by atoms with van der Waals surface area (Å²) in [7, 11) is 0. The second-order valence-corrected chi connectivity index (χ2v) is 5.45.